The molecule has 3 aromatic rings. The summed E-state index contributed by atoms with van der Waals surface area (Å²) in [6.07, 6.45) is 1.51. The lowest BCUT2D eigenvalue weighted by Gasteiger charge is -2.10. The molecule has 0 amide bonds. The third-order valence-corrected chi connectivity index (χ3v) is 4.95. The molecule has 6 nitrogen and oxygen atoms in total. The van der Waals surface area contributed by atoms with Gasteiger partial charge in [0.05, 0.1) is 5.69 Å². The van der Waals surface area contributed by atoms with E-state index in [9.17, 15) is 13.2 Å². The van der Waals surface area contributed by atoms with Gasteiger partial charge < -0.3 is 20.8 Å². The average molecular weight is 459 g/mol. The van der Waals surface area contributed by atoms with E-state index in [0.29, 0.717) is 29.3 Å². The number of rotatable bonds is 9. The number of hydrogen-bond acceptors (Lipinski definition) is 7. The summed E-state index contributed by atoms with van der Waals surface area (Å²) in [5.41, 5.74) is 2.69. The Morgan fingerprint density at radius 1 is 1.09 bits per heavy atom. The van der Waals surface area contributed by atoms with E-state index in [1.54, 1.807) is 24.0 Å². The monoisotopic (exact) mass is 459 g/mol. The number of aromatic nitrogens is 2. The number of ether oxygens (including phenoxy) is 1. The fraction of sp³-hybridized carbons (Fsp3) is 0.136. The van der Waals surface area contributed by atoms with Gasteiger partial charge in [0.2, 0.25) is 0 Å². The largest absolute Gasteiger partial charge is 0.573 e. The minimum Gasteiger partial charge on any atom is -0.406 e. The second-order valence-corrected chi connectivity index (χ2v) is 7.34. The van der Waals surface area contributed by atoms with Gasteiger partial charge in [0.1, 0.15) is 17.9 Å². The van der Waals surface area contributed by atoms with Crippen LogP contribution in [0.25, 0.3) is 5.57 Å². The van der Waals surface area contributed by atoms with Crippen LogP contribution in [0.5, 0.6) is 5.75 Å². The first-order valence-electron chi connectivity index (χ1n) is 9.38. The number of anilines is 2. The van der Waals surface area contributed by atoms with Crippen LogP contribution in [0, 0.1) is 5.41 Å². The average Bonchev–Trinajstić information content (AvgIpc) is 2.78. The number of nitrogens with zero attached hydrogens (tertiary/aromatic N) is 2. The highest BCUT2D eigenvalue weighted by Crippen LogP contribution is 2.25. The van der Waals surface area contributed by atoms with Gasteiger partial charge in [-0.25, -0.2) is 9.97 Å². The van der Waals surface area contributed by atoms with Crippen molar-refractivity contribution in [2.24, 2.45) is 0 Å². The predicted octanol–water partition coefficient (Wildman–Crippen LogP) is 5.62. The smallest absolute Gasteiger partial charge is 0.406 e. The number of hydrogen-bond donors (Lipinski definition) is 3. The number of benzene rings is 2. The zero-order valence-electron chi connectivity index (χ0n) is 17.0. The Labute approximate surface area is 187 Å². The molecule has 0 saturated carbocycles. The zero-order chi connectivity index (χ0) is 23.0. The standard InChI is InChI=1S/C22H20F3N5OS/c1-32-19-8-2-15(3-9-19)12-27-13-16(11-26)20-10-21(29-14-28-20)30-17-4-6-18(7-5-17)31-22(23,24)25/h2-11,13-14,26-27H,12H2,1H3,(H,28,29,30)/b16-13+,26-11?. The summed E-state index contributed by atoms with van der Waals surface area (Å²) in [4.78, 5) is 9.50. The van der Waals surface area contributed by atoms with Crippen molar-refractivity contribution in [2.45, 2.75) is 17.8 Å². The molecular formula is C22H20F3N5OS. The number of allylic oxidation sites excluding steroid dienone is 1. The summed E-state index contributed by atoms with van der Waals surface area (Å²) in [6.45, 7) is 0.592. The van der Waals surface area contributed by atoms with E-state index in [-0.39, 0.29) is 5.75 Å². The first-order chi connectivity index (χ1) is 15.4. The molecule has 2 aromatic carbocycles. The summed E-state index contributed by atoms with van der Waals surface area (Å²) in [5, 5.41) is 13.9. The molecule has 0 atom stereocenters. The lowest BCUT2D eigenvalue weighted by molar-refractivity contribution is -0.274. The normalized spacial score (nSPS) is 11.7. The molecule has 32 heavy (non-hydrogen) atoms. The Bertz CT molecular complexity index is 1070. The van der Waals surface area contributed by atoms with E-state index < -0.39 is 6.36 Å². The SMILES string of the molecule is CSc1ccc(CN/C=C(\C=N)c2cc(Nc3ccc(OC(F)(F)F)cc3)ncn2)cc1. The molecule has 0 bridgehead atoms. The van der Waals surface area contributed by atoms with Gasteiger partial charge in [0.25, 0.3) is 0 Å². The fourth-order valence-corrected chi connectivity index (χ4v) is 3.09. The Kier molecular flexibility index (Phi) is 7.72. The second kappa shape index (κ2) is 10.7. The molecule has 0 fully saturated rings. The van der Waals surface area contributed by atoms with Crippen molar-refractivity contribution >= 4 is 35.1 Å². The molecule has 0 aliphatic rings. The Morgan fingerprint density at radius 3 is 2.44 bits per heavy atom. The van der Waals surface area contributed by atoms with Gasteiger partial charge in [-0.1, -0.05) is 12.1 Å². The predicted molar refractivity (Wildman–Crippen MR) is 120 cm³/mol. The lowest BCUT2D eigenvalue weighted by Crippen LogP contribution is -2.16. The summed E-state index contributed by atoms with van der Waals surface area (Å²) in [6, 6.07) is 15.1. The highest BCUT2D eigenvalue weighted by Gasteiger charge is 2.30. The van der Waals surface area contributed by atoms with Crippen molar-refractivity contribution in [1.82, 2.24) is 15.3 Å². The summed E-state index contributed by atoms with van der Waals surface area (Å²) < 4.78 is 40.7. The molecule has 0 unspecified atom stereocenters. The van der Waals surface area contributed by atoms with E-state index in [4.69, 9.17) is 5.41 Å². The minimum absolute atomic E-state index is 0.311. The van der Waals surface area contributed by atoms with Gasteiger partial charge >= 0.3 is 6.36 Å². The maximum Gasteiger partial charge on any atom is 0.573 e. The molecule has 1 aromatic heterocycles. The van der Waals surface area contributed by atoms with Crippen LogP contribution >= 0.6 is 11.8 Å². The quantitative estimate of drug-likeness (QED) is 0.285. The van der Waals surface area contributed by atoms with Crippen LogP contribution in [-0.2, 0) is 6.54 Å². The van der Waals surface area contributed by atoms with Crippen molar-refractivity contribution in [1.29, 1.82) is 5.41 Å². The van der Waals surface area contributed by atoms with E-state index in [0.717, 1.165) is 5.56 Å². The lowest BCUT2D eigenvalue weighted by atomic mass is 10.2. The molecule has 0 saturated heterocycles. The van der Waals surface area contributed by atoms with Gasteiger partial charge in [0, 0.05) is 41.2 Å². The minimum atomic E-state index is -4.74. The van der Waals surface area contributed by atoms with Crippen molar-refractivity contribution < 1.29 is 17.9 Å². The molecule has 3 rings (SSSR count). The van der Waals surface area contributed by atoms with Crippen molar-refractivity contribution in [3.63, 3.8) is 0 Å². The van der Waals surface area contributed by atoms with E-state index >= 15 is 0 Å². The van der Waals surface area contributed by atoms with Crippen LogP contribution in [-0.4, -0.2) is 28.8 Å². The van der Waals surface area contributed by atoms with Crippen molar-refractivity contribution in [3.8, 4) is 5.75 Å². The Hall–Kier alpha value is -3.53. The molecule has 0 aliphatic heterocycles. The number of alkyl halides is 3. The van der Waals surface area contributed by atoms with Crippen LogP contribution in [0.3, 0.4) is 0 Å². The van der Waals surface area contributed by atoms with Gasteiger partial charge in [-0.05, 0) is 48.2 Å². The Balaban J connectivity index is 1.65. The topological polar surface area (TPSA) is 82.9 Å². The van der Waals surface area contributed by atoms with Crippen LogP contribution < -0.4 is 15.4 Å². The highest BCUT2D eigenvalue weighted by molar-refractivity contribution is 7.98. The summed E-state index contributed by atoms with van der Waals surface area (Å²) in [5.74, 6) is 0.120. The van der Waals surface area contributed by atoms with Crippen LogP contribution in [0.2, 0.25) is 0 Å². The zero-order valence-corrected chi connectivity index (χ0v) is 17.8. The van der Waals surface area contributed by atoms with Gasteiger partial charge in [-0.15, -0.1) is 24.9 Å². The number of nitrogens with one attached hydrogen (secondary N) is 3. The number of halogens is 3. The van der Waals surface area contributed by atoms with Crippen molar-refractivity contribution in [2.75, 3.05) is 11.6 Å². The van der Waals surface area contributed by atoms with Crippen LogP contribution in [0.4, 0.5) is 24.7 Å². The van der Waals surface area contributed by atoms with E-state index in [1.165, 1.54) is 41.7 Å². The molecule has 1 heterocycles. The summed E-state index contributed by atoms with van der Waals surface area (Å²) in [7, 11) is 0. The first kappa shape index (κ1) is 23.1. The molecular weight excluding hydrogens is 439 g/mol. The molecule has 0 aliphatic carbocycles. The molecule has 10 heteroatoms. The molecule has 3 N–H and O–H groups in total. The highest BCUT2D eigenvalue weighted by atomic mass is 32.2. The molecule has 0 spiro atoms. The van der Waals surface area contributed by atoms with Gasteiger partial charge in [-0.2, -0.15) is 0 Å². The third kappa shape index (κ3) is 7.02. The van der Waals surface area contributed by atoms with Crippen molar-refractivity contribution in [3.05, 3.63) is 78.4 Å². The summed E-state index contributed by atoms with van der Waals surface area (Å²) >= 11 is 1.68. The van der Waals surface area contributed by atoms with E-state index in [1.807, 2.05) is 30.5 Å². The van der Waals surface area contributed by atoms with Crippen LogP contribution in [0.1, 0.15) is 11.3 Å². The number of thioether (sulfide) groups is 1. The molecule has 166 valence electrons. The van der Waals surface area contributed by atoms with Gasteiger partial charge in [0.15, 0.2) is 0 Å². The maximum atomic E-state index is 12.3. The molecule has 0 radical (unpaired) electrons. The third-order valence-electron chi connectivity index (χ3n) is 4.20. The fourth-order valence-electron chi connectivity index (χ4n) is 2.68. The maximum absolute atomic E-state index is 12.3. The Morgan fingerprint density at radius 2 is 1.81 bits per heavy atom. The van der Waals surface area contributed by atoms with Gasteiger partial charge in [-0.3, -0.25) is 0 Å². The van der Waals surface area contributed by atoms with Crippen LogP contribution in [0.15, 0.2) is 72.0 Å². The van der Waals surface area contributed by atoms with E-state index in [2.05, 4.69) is 25.3 Å². The first-order valence-corrected chi connectivity index (χ1v) is 10.6. The second-order valence-electron chi connectivity index (χ2n) is 6.46.